The number of ether oxygens (including phenoxy) is 1. The molecule has 2 aliphatic heterocycles. The molecule has 4 heteroatoms. The Kier molecular flexibility index (Phi) is 4.99. The normalized spacial score (nSPS) is 23.5. The van der Waals surface area contributed by atoms with Gasteiger partial charge in [0, 0.05) is 31.9 Å². The fourth-order valence-corrected chi connectivity index (χ4v) is 3.77. The highest BCUT2D eigenvalue weighted by molar-refractivity contribution is 5.48. The summed E-state index contributed by atoms with van der Waals surface area (Å²) in [5.74, 6) is 1.86. The third-order valence-corrected chi connectivity index (χ3v) is 4.73. The van der Waals surface area contributed by atoms with Crippen LogP contribution in [-0.2, 0) is 4.74 Å². The highest BCUT2D eigenvalue weighted by atomic mass is 16.5. The van der Waals surface area contributed by atoms with Crippen molar-refractivity contribution in [2.45, 2.75) is 39.7 Å². The smallest absolute Gasteiger partial charge is 0.131 e. The highest BCUT2D eigenvalue weighted by Gasteiger charge is 2.27. The molecule has 0 unspecified atom stereocenters. The Hall–Kier alpha value is -1.13. The summed E-state index contributed by atoms with van der Waals surface area (Å²) < 4.78 is 5.44. The van der Waals surface area contributed by atoms with Crippen molar-refractivity contribution in [3.63, 3.8) is 0 Å². The molecular formula is C18H29N3O. The van der Waals surface area contributed by atoms with Gasteiger partial charge in [-0.2, -0.15) is 0 Å². The molecule has 4 nitrogen and oxygen atoms in total. The van der Waals surface area contributed by atoms with Crippen LogP contribution in [0.1, 0.15) is 43.9 Å². The van der Waals surface area contributed by atoms with E-state index < -0.39 is 0 Å². The van der Waals surface area contributed by atoms with Crippen LogP contribution < -0.4 is 4.90 Å². The van der Waals surface area contributed by atoms with Gasteiger partial charge in [-0.05, 0) is 49.4 Å². The van der Waals surface area contributed by atoms with E-state index >= 15 is 0 Å². The lowest BCUT2D eigenvalue weighted by molar-refractivity contribution is 0.122. The zero-order chi connectivity index (χ0) is 15.5. The summed E-state index contributed by atoms with van der Waals surface area (Å²) >= 11 is 0. The monoisotopic (exact) mass is 303 g/mol. The van der Waals surface area contributed by atoms with Crippen molar-refractivity contribution in [2.75, 3.05) is 44.3 Å². The highest BCUT2D eigenvalue weighted by Crippen LogP contribution is 2.33. The molecule has 2 saturated heterocycles. The molecule has 3 heterocycles. The average Bonchev–Trinajstić information content (AvgIpc) is 2.95. The Morgan fingerprint density at radius 3 is 2.73 bits per heavy atom. The maximum Gasteiger partial charge on any atom is 0.131 e. The SMILES string of the molecule is Cc1cc([C@@H]2CCCN2CC(C)C)cnc1N1CCOCC1. The van der Waals surface area contributed by atoms with E-state index in [4.69, 9.17) is 9.72 Å². The van der Waals surface area contributed by atoms with E-state index in [1.165, 1.54) is 37.1 Å². The number of likely N-dealkylation sites (tertiary alicyclic amines) is 1. The van der Waals surface area contributed by atoms with Crippen LogP contribution in [0.25, 0.3) is 0 Å². The molecule has 2 aliphatic rings. The second kappa shape index (κ2) is 6.97. The zero-order valence-electron chi connectivity index (χ0n) is 14.2. The van der Waals surface area contributed by atoms with Gasteiger partial charge >= 0.3 is 0 Å². The van der Waals surface area contributed by atoms with Gasteiger partial charge in [0.25, 0.3) is 0 Å². The molecule has 0 aliphatic carbocycles. The van der Waals surface area contributed by atoms with Crippen molar-refractivity contribution in [1.82, 2.24) is 9.88 Å². The first-order chi connectivity index (χ1) is 10.6. The van der Waals surface area contributed by atoms with Gasteiger partial charge in [0.15, 0.2) is 0 Å². The zero-order valence-corrected chi connectivity index (χ0v) is 14.2. The third-order valence-electron chi connectivity index (χ3n) is 4.73. The van der Waals surface area contributed by atoms with Crippen LogP contribution in [0.5, 0.6) is 0 Å². The van der Waals surface area contributed by atoms with Gasteiger partial charge in [-0.1, -0.05) is 13.8 Å². The van der Waals surface area contributed by atoms with E-state index in [2.05, 4.69) is 42.8 Å². The van der Waals surface area contributed by atoms with E-state index in [1.54, 1.807) is 0 Å². The first-order valence-corrected chi connectivity index (χ1v) is 8.68. The lowest BCUT2D eigenvalue weighted by Gasteiger charge is -2.30. The second-order valence-corrected chi connectivity index (χ2v) is 7.06. The van der Waals surface area contributed by atoms with Gasteiger partial charge < -0.3 is 9.64 Å². The van der Waals surface area contributed by atoms with E-state index in [9.17, 15) is 0 Å². The van der Waals surface area contributed by atoms with Crippen LogP contribution in [0, 0.1) is 12.8 Å². The molecule has 1 atom stereocenters. The first-order valence-electron chi connectivity index (χ1n) is 8.68. The summed E-state index contributed by atoms with van der Waals surface area (Å²) in [4.78, 5) is 9.79. The van der Waals surface area contributed by atoms with Crippen molar-refractivity contribution in [3.8, 4) is 0 Å². The van der Waals surface area contributed by atoms with E-state index in [1.807, 2.05) is 0 Å². The van der Waals surface area contributed by atoms with Crippen molar-refractivity contribution < 1.29 is 4.74 Å². The fraction of sp³-hybridized carbons (Fsp3) is 0.722. The largest absolute Gasteiger partial charge is 0.378 e. The van der Waals surface area contributed by atoms with Crippen LogP contribution in [0.2, 0.25) is 0 Å². The molecule has 1 aromatic rings. The van der Waals surface area contributed by atoms with Gasteiger partial charge in [0.1, 0.15) is 5.82 Å². The summed E-state index contributed by atoms with van der Waals surface area (Å²) in [6.07, 6.45) is 4.69. The molecule has 0 spiro atoms. The number of hydrogen-bond acceptors (Lipinski definition) is 4. The van der Waals surface area contributed by atoms with Crippen LogP contribution in [0.15, 0.2) is 12.3 Å². The van der Waals surface area contributed by atoms with Gasteiger partial charge in [0.2, 0.25) is 0 Å². The lowest BCUT2D eigenvalue weighted by atomic mass is 10.0. The Morgan fingerprint density at radius 2 is 2.05 bits per heavy atom. The predicted octanol–water partition coefficient (Wildman–Crippen LogP) is 3.02. The van der Waals surface area contributed by atoms with Gasteiger partial charge in [0.05, 0.1) is 13.2 Å². The van der Waals surface area contributed by atoms with Gasteiger partial charge in [-0.15, -0.1) is 0 Å². The summed E-state index contributed by atoms with van der Waals surface area (Å²) in [6.45, 7) is 12.8. The lowest BCUT2D eigenvalue weighted by Crippen LogP contribution is -2.37. The number of morpholine rings is 1. The van der Waals surface area contributed by atoms with E-state index in [0.29, 0.717) is 6.04 Å². The molecule has 0 bridgehead atoms. The Bertz CT molecular complexity index is 497. The average molecular weight is 303 g/mol. The molecule has 0 aromatic carbocycles. The summed E-state index contributed by atoms with van der Waals surface area (Å²) in [6, 6.07) is 2.92. The molecule has 0 amide bonds. The summed E-state index contributed by atoms with van der Waals surface area (Å²) in [5, 5.41) is 0. The van der Waals surface area contributed by atoms with Crippen LogP contribution in [0.4, 0.5) is 5.82 Å². The van der Waals surface area contributed by atoms with E-state index in [0.717, 1.165) is 38.0 Å². The van der Waals surface area contributed by atoms with Crippen molar-refractivity contribution >= 4 is 5.82 Å². The molecule has 122 valence electrons. The summed E-state index contributed by atoms with van der Waals surface area (Å²) in [5.41, 5.74) is 2.70. The molecule has 2 fully saturated rings. The number of aromatic nitrogens is 1. The van der Waals surface area contributed by atoms with Gasteiger partial charge in [-0.3, -0.25) is 4.90 Å². The Labute approximate surface area is 134 Å². The molecule has 0 radical (unpaired) electrons. The maximum atomic E-state index is 5.44. The van der Waals surface area contributed by atoms with Crippen molar-refractivity contribution in [3.05, 3.63) is 23.4 Å². The number of aryl methyl sites for hydroxylation is 1. The van der Waals surface area contributed by atoms with Gasteiger partial charge in [-0.25, -0.2) is 4.98 Å². The predicted molar refractivity (Wildman–Crippen MR) is 90.4 cm³/mol. The topological polar surface area (TPSA) is 28.6 Å². The molecular weight excluding hydrogens is 274 g/mol. The fourth-order valence-electron chi connectivity index (χ4n) is 3.77. The molecule has 1 aromatic heterocycles. The standard InChI is InChI=1S/C18H29N3O/c1-14(2)13-21-6-4-5-17(21)16-11-15(3)18(19-12-16)20-7-9-22-10-8-20/h11-12,14,17H,4-10,13H2,1-3H3/t17-/m0/s1. The number of pyridine rings is 1. The third kappa shape index (κ3) is 3.44. The molecule has 22 heavy (non-hydrogen) atoms. The Morgan fingerprint density at radius 1 is 1.27 bits per heavy atom. The number of anilines is 1. The van der Waals surface area contributed by atoms with Crippen molar-refractivity contribution in [1.29, 1.82) is 0 Å². The van der Waals surface area contributed by atoms with Crippen LogP contribution in [-0.4, -0.2) is 49.3 Å². The Balaban J connectivity index is 1.76. The number of rotatable bonds is 4. The maximum absolute atomic E-state index is 5.44. The minimum Gasteiger partial charge on any atom is -0.378 e. The van der Waals surface area contributed by atoms with Crippen molar-refractivity contribution in [2.24, 2.45) is 5.92 Å². The van der Waals surface area contributed by atoms with E-state index in [-0.39, 0.29) is 0 Å². The number of nitrogens with zero attached hydrogens (tertiary/aromatic N) is 3. The summed E-state index contributed by atoms with van der Waals surface area (Å²) in [7, 11) is 0. The first kappa shape index (κ1) is 15.8. The van der Waals surface area contributed by atoms with Crippen LogP contribution in [0.3, 0.4) is 0 Å². The van der Waals surface area contributed by atoms with Crippen LogP contribution >= 0.6 is 0 Å². The minimum atomic E-state index is 0.562. The second-order valence-electron chi connectivity index (χ2n) is 7.06. The quantitative estimate of drug-likeness (QED) is 0.855. The minimum absolute atomic E-state index is 0.562. The molecule has 0 N–H and O–H groups in total. The number of hydrogen-bond donors (Lipinski definition) is 0. The molecule has 0 saturated carbocycles. The molecule has 3 rings (SSSR count).